The van der Waals surface area contributed by atoms with Gasteiger partial charge in [0, 0.05) is 6.20 Å². The molecule has 0 atom stereocenters. The molecule has 0 unspecified atom stereocenters. The second-order valence-electron chi connectivity index (χ2n) is 3.93. The minimum atomic E-state index is -0.196. The lowest BCUT2D eigenvalue weighted by Gasteiger charge is -2.01. The highest BCUT2D eigenvalue weighted by molar-refractivity contribution is 5.17. The molecule has 2 aromatic rings. The van der Waals surface area contributed by atoms with Crippen LogP contribution in [-0.2, 0) is 13.0 Å². The van der Waals surface area contributed by atoms with Gasteiger partial charge in [0.15, 0.2) is 0 Å². The van der Waals surface area contributed by atoms with Crippen molar-refractivity contribution in [1.29, 1.82) is 0 Å². The average molecular weight is 218 g/mol. The monoisotopic (exact) mass is 218 g/mol. The molecule has 1 heterocycles. The molecule has 1 aromatic carbocycles. The molecule has 0 radical (unpaired) electrons. The Bertz CT molecular complexity index is 462. The third-order valence-corrected chi connectivity index (χ3v) is 2.46. The van der Waals surface area contributed by atoms with E-state index >= 15 is 0 Å². The zero-order valence-electron chi connectivity index (χ0n) is 9.36. The predicted octanol–water partition coefficient (Wildman–Crippen LogP) is 3.02. The van der Waals surface area contributed by atoms with Crippen molar-refractivity contribution in [2.45, 2.75) is 26.3 Å². The van der Waals surface area contributed by atoms with E-state index in [-0.39, 0.29) is 5.82 Å². The van der Waals surface area contributed by atoms with Crippen LogP contribution in [0.4, 0.5) is 4.39 Å². The molecule has 0 aliphatic heterocycles. The molecule has 0 saturated carbocycles. The number of nitrogens with zero attached hydrogens (tertiary/aromatic N) is 2. The van der Waals surface area contributed by atoms with E-state index in [1.807, 2.05) is 23.1 Å². The molecule has 1 aromatic heterocycles. The Morgan fingerprint density at radius 2 is 2.19 bits per heavy atom. The van der Waals surface area contributed by atoms with Gasteiger partial charge in [0.25, 0.3) is 0 Å². The summed E-state index contributed by atoms with van der Waals surface area (Å²) in [6.07, 6.45) is 6.06. The van der Waals surface area contributed by atoms with Crippen molar-refractivity contribution in [3.05, 3.63) is 53.6 Å². The standard InChI is InChI=1S/C13H15FN2/c1-2-4-12-8-15-16(10-12)9-11-5-3-6-13(14)7-11/h3,5-8,10H,2,4,9H2,1H3. The molecule has 0 fully saturated rings. The maximum absolute atomic E-state index is 13.0. The normalized spacial score (nSPS) is 10.6. The lowest BCUT2D eigenvalue weighted by Crippen LogP contribution is -2.00. The van der Waals surface area contributed by atoms with Gasteiger partial charge >= 0.3 is 0 Å². The van der Waals surface area contributed by atoms with Crippen molar-refractivity contribution in [2.24, 2.45) is 0 Å². The Labute approximate surface area is 94.7 Å². The average Bonchev–Trinajstić information content (AvgIpc) is 2.66. The lowest BCUT2D eigenvalue weighted by atomic mass is 10.2. The van der Waals surface area contributed by atoms with Gasteiger partial charge in [0.1, 0.15) is 5.82 Å². The number of rotatable bonds is 4. The van der Waals surface area contributed by atoms with Gasteiger partial charge in [-0.3, -0.25) is 4.68 Å². The number of halogens is 1. The van der Waals surface area contributed by atoms with Gasteiger partial charge in [0.05, 0.1) is 12.7 Å². The molecule has 3 heteroatoms. The molecule has 84 valence electrons. The summed E-state index contributed by atoms with van der Waals surface area (Å²) in [5, 5.41) is 4.25. The van der Waals surface area contributed by atoms with Gasteiger partial charge in [-0.2, -0.15) is 5.10 Å². The summed E-state index contributed by atoms with van der Waals surface area (Å²) in [4.78, 5) is 0. The molecule has 0 spiro atoms. The number of benzene rings is 1. The summed E-state index contributed by atoms with van der Waals surface area (Å²) in [7, 11) is 0. The summed E-state index contributed by atoms with van der Waals surface area (Å²) >= 11 is 0. The van der Waals surface area contributed by atoms with Crippen molar-refractivity contribution >= 4 is 0 Å². The Morgan fingerprint density at radius 3 is 2.94 bits per heavy atom. The van der Waals surface area contributed by atoms with Crippen LogP contribution in [0, 0.1) is 5.82 Å². The summed E-state index contributed by atoms with van der Waals surface area (Å²) in [6.45, 7) is 2.77. The lowest BCUT2D eigenvalue weighted by molar-refractivity contribution is 0.619. The van der Waals surface area contributed by atoms with Crippen LogP contribution in [0.25, 0.3) is 0 Å². The Balaban J connectivity index is 2.08. The molecule has 16 heavy (non-hydrogen) atoms. The van der Waals surface area contributed by atoms with Gasteiger partial charge in [0.2, 0.25) is 0 Å². The van der Waals surface area contributed by atoms with E-state index in [2.05, 4.69) is 12.0 Å². The zero-order chi connectivity index (χ0) is 11.4. The molecule has 2 nitrogen and oxygen atoms in total. The first-order valence-electron chi connectivity index (χ1n) is 5.53. The zero-order valence-corrected chi connectivity index (χ0v) is 9.36. The quantitative estimate of drug-likeness (QED) is 0.771. The molecule has 0 aliphatic rings. The first kappa shape index (κ1) is 10.9. The molecule has 2 rings (SSSR count). The minimum Gasteiger partial charge on any atom is -0.268 e. The van der Waals surface area contributed by atoms with Gasteiger partial charge in [-0.1, -0.05) is 25.5 Å². The van der Waals surface area contributed by atoms with Crippen LogP contribution >= 0.6 is 0 Å². The smallest absolute Gasteiger partial charge is 0.123 e. The van der Waals surface area contributed by atoms with Gasteiger partial charge < -0.3 is 0 Å². The van der Waals surface area contributed by atoms with E-state index in [1.165, 1.54) is 11.6 Å². The maximum Gasteiger partial charge on any atom is 0.123 e. The van der Waals surface area contributed by atoms with Crippen LogP contribution < -0.4 is 0 Å². The Hall–Kier alpha value is -1.64. The fourth-order valence-corrected chi connectivity index (χ4v) is 1.73. The second-order valence-corrected chi connectivity index (χ2v) is 3.93. The predicted molar refractivity (Wildman–Crippen MR) is 61.7 cm³/mol. The SMILES string of the molecule is CCCc1cnn(Cc2cccc(F)c2)c1. The van der Waals surface area contributed by atoms with Crippen molar-refractivity contribution < 1.29 is 4.39 Å². The van der Waals surface area contributed by atoms with Crippen LogP contribution in [0.1, 0.15) is 24.5 Å². The molecule has 0 N–H and O–H groups in total. The third kappa shape index (κ3) is 2.69. The Kier molecular flexibility index (Phi) is 3.34. The van der Waals surface area contributed by atoms with E-state index in [1.54, 1.807) is 12.1 Å². The largest absolute Gasteiger partial charge is 0.268 e. The summed E-state index contributed by atoms with van der Waals surface area (Å²) in [5.41, 5.74) is 2.17. The fraction of sp³-hybridized carbons (Fsp3) is 0.308. The topological polar surface area (TPSA) is 17.8 Å². The van der Waals surface area contributed by atoms with Crippen LogP contribution in [0.2, 0.25) is 0 Å². The molecular weight excluding hydrogens is 203 g/mol. The highest BCUT2D eigenvalue weighted by atomic mass is 19.1. The Morgan fingerprint density at radius 1 is 1.31 bits per heavy atom. The van der Waals surface area contributed by atoms with Crippen LogP contribution in [-0.4, -0.2) is 9.78 Å². The van der Waals surface area contributed by atoms with E-state index in [0.29, 0.717) is 6.54 Å². The van der Waals surface area contributed by atoms with Crippen molar-refractivity contribution in [3.63, 3.8) is 0 Å². The number of hydrogen-bond acceptors (Lipinski definition) is 1. The van der Waals surface area contributed by atoms with E-state index in [9.17, 15) is 4.39 Å². The van der Waals surface area contributed by atoms with Crippen LogP contribution in [0.3, 0.4) is 0 Å². The van der Waals surface area contributed by atoms with Gasteiger partial charge in [-0.05, 0) is 29.7 Å². The van der Waals surface area contributed by atoms with Gasteiger partial charge in [-0.25, -0.2) is 4.39 Å². The first-order valence-corrected chi connectivity index (χ1v) is 5.53. The fourth-order valence-electron chi connectivity index (χ4n) is 1.73. The molecular formula is C13H15FN2. The van der Waals surface area contributed by atoms with Gasteiger partial charge in [-0.15, -0.1) is 0 Å². The van der Waals surface area contributed by atoms with Crippen LogP contribution in [0.5, 0.6) is 0 Å². The third-order valence-electron chi connectivity index (χ3n) is 2.46. The van der Waals surface area contributed by atoms with Crippen molar-refractivity contribution in [2.75, 3.05) is 0 Å². The first-order chi connectivity index (χ1) is 7.78. The van der Waals surface area contributed by atoms with E-state index in [0.717, 1.165) is 18.4 Å². The number of hydrogen-bond donors (Lipinski definition) is 0. The number of aromatic nitrogens is 2. The summed E-state index contributed by atoms with van der Waals surface area (Å²) in [5.74, 6) is -0.196. The molecule has 0 bridgehead atoms. The molecule has 0 saturated heterocycles. The van der Waals surface area contributed by atoms with E-state index < -0.39 is 0 Å². The summed E-state index contributed by atoms with van der Waals surface area (Å²) in [6, 6.07) is 6.63. The highest BCUT2D eigenvalue weighted by Crippen LogP contribution is 2.07. The maximum atomic E-state index is 13.0. The summed E-state index contributed by atoms with van der Waals surface area (Å²) < 4.78 is 14.8. The van der Waals surface area contributed by atoms with Crippen molar-refractivity contribution in [3.8, 4) is 0 Å². The highest BCUT2D eigenvalue weighted by Gasteiger charge is 2.00. The second kappa shape index (κ2) is 4.92. The van der Waals surface area contributed by atoms with Crippen molar-refractivity contribution in [1.82, 2.24) is 9.78 Å². The molecule has 0 aliphatic carbocycles. The number of aryl methyl sites for hydroxylation is 1. The van der Waals surface area contributed by atoms with Crippen LogP contribution in [0.15, 0.2) is 36.7 Å². The molecule has 0 amide bonds. The van der Waals surface area contributed by atoms with E-state index in [4.69, 9.17) is 0 Å². The minimum absolute atomic E-state index is 0.196.